The summed E-state index contributed by atoms with van der Waals surface area (Å²) in [6.07, 6.45) is 6.16. The third kappa shape index (κ3) is 5.59. The molecule has 0 aromatic heterocycles. The first kappa shape index (κ1) is 12.0. The zero-order valence-corrected chi connectivity index (χ0v) is 8.84. The van der Waals surface area contributed by atoms with Gasteiger partial charge in [0, 0.05) is 6.61 Å². The van der Waals surface area contributed by atoms with E-state index >= 15 is 0 Å². The van der Waals surface area contributed by atoms with Gasteiger partial charge in [-0.1, -0.05) is 40.0 Å². The Balaban J connectivity index is 3.39. The average molecular weight is 172 g/mol. The molecule has 0 fully saturated rings. The molecule has 0 aliphatic carbocycles. The second-order valence-corrected chi connectivity index (χ2v) is 3.96. The van der Waals surface area contributed by atoms with Crippen LogP contribution in [0.4, 0.5) is 0 Å². The highest BCUT2D eigenvalue weighted by Crippen LogP contribution is 2.21. The van der Waals surface area contributed by atoms with Crippen molar-refractivity contribution in [1.82, 2.24) is 0 Å². The van der Waals surface area contributed by atoms with E-state index in [9.17, 15) is 0 Å². The van der Waals surface area contributed by atoms with E-state index < -0.39 is 0 Å². The van der Waals surface area contributed by atoms with Gasteiger partial charge in [-0.05, 0) is 24.7 Å². The molecule has 2 atom stereocenters. The van der Waals surface area contributed by atoms with E-state index in [1.165, 1.54) is 25.7 Å². The second kappa shape index (κ2) is 7.60. The summed E-state index contributed by atoms with van der Waals surface area (Å²) in [7, 11) is 0. The molecular formula is C11H24O. The Morgan fingerprint density at radius 3 is 1.92 bits per heavy atom. The van der Waals surface area contributed by atoms with Crippen LogP contribution in [-0.2, 0) is 0 Å². The Labute approximate surface area is 77.2 Å². The van der Waals surface area contributed by atoms with Crippen molar-refractivity contribution in [2.45, 2.75) is 52.9 Å². The van der Waals surface area contributed by atoms with Crippen molar-refractivity contribution >= 4 is 0 Å². The van der Waals surface area contributed by atoms with Crippen molar-refractivity contribution in [3.63, 3.8) is 0 Å². The van der Waals surface area contributed by atoms with Crippen molar-refractivity contribution in [3.8, 4) is 0 Å². The fourth-order valence-electron chi connectivity index (χ4n) is 1.51. The molecule has 0 radical (unpaired) electrons. The lowest BCUT2D eigenvalue weighted by molar-refractivity contribution is 0.252. The average Bonchev–Trinajstić information content (AvgIpc) is 2.10. The smallest absolute Gasteiger partial charge is 0.0431 e. The third-order valence-corrected chi connectivity index (χ3v) is 2.80. The molecule has 0 rings (SSSR count). The summed E-state index contributed by atoms with van der Waals surface area (Å²) < 4.78 is 0. The number of aliphatic hydroxyl groups is 1. The van der Waals surface area contributed by atoms with Gasteiger partial charge >= 0.3 is 0 Å². The standard InChI is InChI=1S/C11H24O/c1-4-5-7-10(2)11(3)8-6-9-12/h10-12H,4-9H2,1-3H3. The SMILES string of the molecule is CCCCC(C)C(C)CCCO. The molecule has 74 valence electrons. The number of hydrogen-bond acceptors (Lipinski definition) is 1. The monoisotopic (exact) mass is 172 g/mol. The van der Waals surface area contributed by atoms with Gasteiger partial charge in [0.25, 0.3) is 0 Å². The van der Waals surface area contributed by atoms with Gasteiger partial charge in [0.2, 0.25) is 0 Å². The van der Waals surface area contributed by atoms with Crippen LogP contribution in [0.3, 0.4) is 0 Å². The summed E-state index contributed by atoms with van der Waals surface area (Å²) in [6.45, 7) is 7.23. The van der Waals surface area contributed by atoms with E-state index in [2.05, 4.69) is 20.8 Å². The Morgan fingerprint density at radius 1 is 1.00 bits per heavy atom. The van der Waals surface area contributed by atoms with Gasteiger partial charge in [0.05, 0.1) is 0 Å². The van der Waals surface area contributed by atoms with Crippen LogP contribution >= 0.6 is 0 Å². The number of hydrogen-bond donors (Lipinski definition) is 1. The van der Waals surface area contributed by atoms with Crippen molar-refractivity contribution in [1.29, 1.82) is 0 Å². The van der Waals surface area contributed by atoms with Crippen LogP contribution in [0.5, 0.6) is 0 Å². The maximum atomic E-state index is 8.67. The Hall–Kier alpha value is -0.0400. The van der Waals surface area contributed by atoms with Gasteiger partial charge < -0.3 is 5.11 Å². The fraction of sp³-hybridized carbons (Fsp3) is 1.00. The first-order valence-corrected chi connectivity index (χ1v) is 5.33. The van der Waals surface area contributed by atoms with Crippen LogP contribution in [0.2, 0.25) is 0 Å². The minimum Gasteiger partial charge on any atom is -0.396 e. The van der Waals surface area contributed by atoms with Gasteiger partial charge in [0.1, 0.15) is 0 Å². The zero-order chi connectivity index (χ0) is 9.40. The zero-order valence-electron chi connectivity index (χ0n) is 8.84. The van der Waals surface area contributed by atoms with Gasteiger partial charge in [-0.2, -0.15) is 0 Å². The lowest BCUT2D eigenvalue weighted by atomic mass is 9.88. The molecule has 0 spiro atoms. The molecule has 0 heterocycles. The van der Waals surface area contributed by atoms with E-state index in [1.54, 1.807) is 0 Å². The van der Waals surface area contributed by atoms with Crippen LogP contribution in [0, 0.1) is 11.8 Å². The molecule has 0 saturated carbocycles. The third-order valence-electron chi connectivity index (χ3n) is 2.80. The summed E-state index contributed by atoms with van der Waals surface area (Å²) in [6, 6.07) is 0. The minimum atomic E-state index is 0.352. The number of aliphatic hydroxyl groups excluding tert-OH is 1. The summed E-state index contributed by atoms with van der Waals surface area (Å²) in [5.74, 6) is 1.61. The molecule has 0 saturated heterocycles. The quantitative estimate of drug-likeness (QED) is 0.625. The fourth-order valence-corrected chi connectivity index (χ4v) is 1.51. The number of rotatable bonds is 7. The minimum absolute atomic E-state index is 0.352. The summed E-state index contributed by atoms with van der Waals surface area (Å²) in [5, 5.41) is 8.67. The van der Waals surface area contributed by atoms with Gasteiger partial charge in [-0.3, -0.25) is 0 Å². The predicted octanol–water partition coefficient (Wildman–Crippen LogP) is 3.22. The Morgan fingerprint density at radius 2 is 1.50 bits per heavy atom. The van der Waals surface area contributed by atoms with Crippen LogP contribution in [0.25, 0.3) is 0 Å². The largest absolute Gasteiger partial charge is 0.396 e. The van der Waals surface area contributed by atoms with Crippen LogP contribution in [0.1, 0.15) is 52.9 Å². The van der Waals surface area contributed by atoms with Crippen molar-refractivity contribution in [2.24, 2.45) is 11.8 Å². The molecule has 0 aliphatic heterocycles. The van der Waals surface area contributed by atoms with Crippen molar-refractivity contribution in [3.05, 3.63) is 0 Å². The molecule has 0 aromatic rings. The summed E-state index contributed by atoms with van der Waals surface area (Å²) >= 11 is 0. The van der Waals surface area contributed by atoms with Gasteiger partial charge in [0.15, 0.2) is 0 Å². The molecule has 1 heteroatoms. The van der Waals surface area contributed by atoms with Crippen LogP contribution < -0.4 is 0 Å². The highest BCUT2D eigenvalue weighted by Gasteiger charge is 2.10. The summed E-state index contributed by atoms with van der Waals surface area (Å²) in [4.78, 5) is 0. The van der Waals surface area contributed by atoms with Crippen LogP contribution in [-0.4, -0.2) is 11.7 Å². The van der Waals surface area contributed by atoms with E-state index in [-0.39, 0.29) is 0 Å². The summed E-state index contributed by atoms with van der Waals surface area (Å²) in [5.41, 5.74) is 0. The molecular weight excluding hydrogens is 148 g/mol. The predicted molar refractivity (Wildman–Crippen MR) is 54.2 cm³/mol. The molecule has 0 amide bonds. The first-order chi connectivity index (χ1) is 5.72. The molecule has 1 N–H and O–H groups in total. The lowest BCUT2D eigenvalue weighted by Gasteiger charge is -2.18. The van der Waals surface area contributed by atoms with E-state index in [1.807, 2.05) is 0 Å². The molecule has 0 bridgehead atoms. The molecule has 0 aromatic carbocycles. The lowest BCUT2D eigenvalue weighted by Crippen LogP contribution is -2.08. The highest BCUT2D eigenvalue weighted by molar-refractivity contribution is 4.61. The van der Waals surface area contributed by atoms with E-state index in [0.717, 1.165) is 18.3 Å². The maximum absolute atomic E-state index is 8.67. The second-order valence-electron chi connectivity index (χ2n) is 3.96. The van der Waals surface area contributed by atoms with E-state index in [0.29, 0.717) is 6.61 Å². The Kier molecular flexibility index (Phi) is 7.58. The highest BCUT2D eigenvalue weighted by atomic mass is 16.2. The molecule has 2 unspecified atom stereocenters. The maximum Gasteiger partial charge on any atom is 0.0431 e. The van der Waals surface area contributed by atoms with E-state index in [4.69, 9.17) is 5.11 Å². The Bertz CT molecular complexity index is 79.0. The molecule has 0 aliphatic rings. The van der Waals surface area contributed by atoms with Gasteiger partial charge in [-0.25, -0.2) is 0 Å². The number of unbranched alkanes of at least 4 members (excludes halogenated alkanes) is 1. The topological polar surface area (TPSA) is 20.2 Å². The van der Waals surface area contributed by atoms with Gasteiger partial charge in [-0.15, -0.1) is 0 Å². The van der Waals surface area contributed by atoms with Crippen LogP contribution in [0.15, 0.2) is 0 Å². The van der Waals surface area contributed by atoms with Crippen molar-refractivity contribution < 1.29 is 5.11 Å². The normalized spacial score (nSPS) is 16.0. The molecule has 12 heavy (non-hydrogen) atoms. The van der Waals surface area contributed by atoms with Crippen molar-refractivity contribution in [2.75, 3.05) is 6.61 Å². The first-order valence-electron chi connectivity index (χ1n) is 5.33. The molecule has 1 nitrogen and oxygen atoms in total.